The number of hydrogen-bond acceptors (Lipinski definition) is 6. The van der Waals surface area contributed by atoms with E-state index in [1.54, 1.807) is 60.7 Å². The Kier molecular flexibility index (Phi) is 8.01. The molecule has 0 spiro atoms. The van der Waals surface area contributed by atoms with Gasteiger partial charge in [0.25, 0.3) is 0 Å². The van der Waals surface area contributed by atoms with E-state index in [9.17, 15) is 14.4 Å². The number of halogens is 2. The summed E-state index contributed by atoms with van der Waals surface area (Å²) in [5.74, 6) is -2.07. The zero-order valence-corrected chi connectivity index (χ0v) is 18.7. The van der Waals surface area contributed by atoms with Crippen molar-refractivity contribution in [2.24, 2.45) is 5.10 Å². The molecule has 0 aliphatic carbocycles. The standard InChI is InChI=1S/C23H17Cl2N3O5/c1-32-20-12-14(6-11-19(20)33-23(31)17-4-2-3-5-18(17)25)13-26-28-22(30)21(29)27-16-9-7-15(24)8-10-16/h2-13H,1H3,(H,27,29)(H,28,30)/b26-13+. The van der Waals surface area contributed by atoms with Gasteiger partial charge in [0.15, 0.2) is 11.5 Å². The van der Waals surface area contributed by atoms with Crippen LogP contribution >= 0.6 is 23.2 Å². The molecular weight excluding hydrogens is 469 g/mol. The SMILES string of the molecule is COc1cc(/C=N/NC(=O)C(=O)Nc2ccc(Cl)cc2)ccc1OC(=O)c1ccccc1Cl. The summed E-state index contributed by atoms with van der Waals surface area (Å²) in [5, 5.41) is 6.94. The fourth-order valence-corrected chi connectivity index (χ4v) is 2.91. The Morgan fingerprint density at radius 3 is 2.33 bits per heavy atom. The number of ether oxygens (including phenoxy) is 2. The van der Waals surface area contributed by atoms with Crippen LogP contribution in [0, 0.1) is 0 Å². The molecule has 3 aromatic rings. The topological polar surface area (TPSA) is 106 Å². The first-order valence-electron chi connectivity index (χ1n) is 9.42. The molecule has 0 bridgehead atoms. The minimum absolute atomic E-state index is 0.172. The number of hydrogen-bond donors (Lipinski definition) is 2. The van der Waals surface area contributed by atoms with Crippen molar-refractivity contribution < 1.29 is 23.9 Å². The molecule has 0 unspecified atom stereocenters. The summed E-state index contributed by atoms with van der Waals surface area (Å²) in [4.78, 5) is 36.2. The van der Waals surface area contributed by atoms with Gasteiger partial charge in [0.1, 0.15) is 0 Å². The number of carbonyl (C=O) groups is 3. The summed E-state index contributed by atoms with van der Waals surface area (Å²) in [6.45, 7) is 0. The van der Waals surface area contributed by atoms with Gasteiger partial charge in [-0.05, 0) is 60.2 Å². The molecule has 33 heavy (non-hydrogen) atoms. The molecule has 0 saturated carbocycles. The normalized spacial score (nSPS) is 10.5. The Balaban J connectivity index is 1.61. The number of methoxy groups -OCH3 is 1. The number of nitrogens with zero attached hydrogens (tertiary/aromatic N) is 1. The highest BCUT2D eigenvalue weighted by molar-refractivity contribution is 6.39. The van der Waals surface area contributed by atoms with Crippen molar-refractivity contribution in [1.29, 1.82) is 0 Å². The maximum atomic E-state index is 12.4. The van der Waals surface area contributed by atoms with Gasteiger partial charge in [0.05, 0.1) is 23.9 Å². The first-order chi connectivity index (χ1) is 15.9. The van der Waals surface area contributed by atoms with Gasteiger partial charge in [0, 0.05) is 10.7 Å². The summed E-state index contributed by atoms with van der Waals surface area (Å²) in [5.41, 5.74) is 3.27. The van der Waals surface area contributed by atoms with Crippen LogP contribution in [0.4, 0.5) is 5.69 Å². The Morgan fingerprint density at radius 1 is 0.909 bits per heavy atom. The van der Waals surface area contributed by atoms with Crippen molar-refractivity contribution in [3.8, 4) is 11.5 Å². The molecule has 168 valence electrons. The molecular formula is C23H17Cl2N3O5. The average Bonchev–Trinajstić information content (AvgIpc) is 2.81. The van der Waals surface area contributed by atoms with Crippen LogP contribution in [0.5, 0.6) is 11.5 Å². The monoisotopic (exact) mass is 485 g/mol. The van der Waals surface area contributed by atoms with Gasteiger partial charge in [-0.3, -0.25) is 9.59 Å². The highest BCUT2D eigenvalue weighted by Crippen LogP contribution is 2.29. The maximum absolute atomic E-state index is 12.4. The van der Waals surface area contributed by atoms with Crippen LogP contribution in [0.2, 0.25) is 10.0 Å². The quantitative estimate of drug-likeness (QED) is 0.178. The zero-order valence-electron chi connectivity index (χ0n) is 17.2. The lowest BCUT2D eigenvalue weighted by molar-refractivity contribution is -0.136. The number of anilines is 1. The van der Waals surface area contributed by atoms with Crippen molar-refractivity contribution in [2.45, 2.75) is 0 Å². The number of amides is 2. The number of benzene rings is 3. The molecule has 0 fully saturated rings. The number of rotatable bonds is 6. The number of nitrogens with one attached hydrogen (secondary N) is 2. The van der Waals surface area contributed by atoms with E-state index in [-0.39, 0.29) is 22.1 Å². The predicted octanol–water partition coefficient (Wildman–Crippen LogP) is 4.31. The van der Waals surface area contributed by atoms with Crippen LogP contribution in [-0.4, -0.2) is 31.1 Å². The maximum Gasteiger partial charge on any atom is 0.345 e. The van der Waals surface area contributed by atoms with Gasteiger partial charge in [-0.15, -0.1) is 0 Å². The smallest absolute Gasteiger partial charge is 0.345 e. The van der Waals surface area contributed by atoms with E-state index in [2.05, 4.69) is 15.8 Å². The molecule has 10 heteroatoms. The predicted molar refractivity (Wildman–Crippen MR) is 125 cm³/mol. The second-order valence-electron chi connectivity index (χ2n) is 6.44. The molecule has 0 aliphatic heterocycles. The average molecular weight is 486 g/mol. The van der Waals surface area contributed by atoms with Crippen LogP contribution in [0.1, 0.15) is 15.9 Å². The summed E-state index contributed by atoms with van der Waals surface area (Å²) < 4.78 is 10.6. The van der Waals surface area contributed by atoms with Crippen LogP contribution in [0.15, 0.2) is 71.8 Å². The van der Waals surface area contributed by atoms with Crippen molar-refractivity contribution in [3.05, 3.63) is 87.9 Å². The fourth-order valence-electron chi connectivity index (χ4n) is 2.57. The Hall–Kier alpha value is -3.88. The second kappa shape index (κ2) is 11.1. The van der Waals surface area contributed by atoms with Crippen LogP contribution < -0.4 is 20.2 Å². The van der Waals surface area contributed by atoms with Gasteiger partial charge >= 0.3 is 17.8 Å². The van der Waals surface area contributed by atoms with Crippen molar-refractivity contribution in [2.75, 3.05) is 12.4 Å². The lowest BCUT2D eigenvalue weighted by Crippen LogP contribution is -2.32. The number of carbonyl (C=O) groups excluding carboxylic acids is 3. The van der Waals surface area contributed by atoms with E-state index < -0.39 is 17.8 Å². The Labute approximate surface area is 199 Å². The molecule has 0 atom stereocenters. The lowest BCUT2D eigenvalue weighted by Gasteiger charge is -2.10. The third kappa shape index (κ3) is 6.55. The molecule has 0 heterocycles. The second-order valence-corrected chi connectivity index (χ2v) is 7.28. The lowest BCUT2D eigenvalue weighted by atomic mass is 10.2. The molecule has 2 N–H and O–H groups in total. The van der Waals surface area contributed by atoms with E-state index >= 15 is 0 Å². The molecule has 3 rings (SSSR count). The minimum Gasteiger partial charge on any atom is -0.493 e. The van der Waals surface area contributed by atoms with Crippen LogP contribution in [-0.2, 0) is 9.59 Å². The van der Waals surface area contributed by atoms with E-state index in [0.717, 1.165) is 0 Å². The van der Waals surface area contributed by atoms with E-state index in [1.165, 1.54) is 19.4 Å². The van der Waals surface area contributed by atoms with Gasteiger partial charge in [-0.1, -0.05) is 35.3 Å². The number of hydrazone groups is 1. The summed E-state index contributed by atoms with van der Waals surface area (Å²) in [6, 6.07) is 17.4. The molecule has 0 radical (unpaired) electrons. The first kappa shape index (κ1) is 23.8. The Bertz CT molecular complexity index is 1210. The van der Waals surface area contributed by atoms with Crippen molar-refractivity contribution in [1.82, 2.24) is 5.43 Å². The summed E-state index contributed by atoms with van der Waals surface area (Å²) >= 11 is 11.8. The summed E-state index contributed by atoms with van der Waals surface area (Å²) in [7, 11) is 1.41. The molecule has 8 nitrogen and oxygen atoms in total. The third-order valence-electron chi connectivity index (χ3n) is 4.17. The van der Waals surface area contributed by atoms with Gasteiger partial charge < -0.3 is 14.8 Å². The van der Waals surface area contributed by atoms with E-state index in [0.29, 0.717) is 16.3 Å². The van der Waals surface area contributed by atoms with E-state index in [1.807, 2.05) is 0 Å². The third-order valence-corrected chi connectivity index (χ3v) is 4.75. The summed E-state index contributed by atoms with van der Waals surface area (Å²) in [6.07, 6.45) is 1.30. The zero-order chi connectivity index (χ0) is 23.8. The highest BCUT2D eigenvalue weighted by Gasteiger charge is 2.16. The van der Waals surface area contributed by atoms with Crippen molar-refractivity contribution >= 4 is 52.9 Å². The van der Waals surface area contributed by atoms with E-state index in [4.69, 9.17) is 32.7 Å². The number of esters is 1. The van der Waals surface area contributed by atoms with Crippen molar-refractivity contribution in [3.63, 3.8) is 0 Å². The molecule has 0 aliphatic rings. The van der Waals surface area contributed by atoms with Gasteiger partial charge in [-0.2, -0.15) is 5.10 Å². The molecule has 0 saturated heterocycles. The largest absolute Gasteiger partial charge is 0.493 e. The van der Waals surface area contributed by atoms with Gasteiger partial charge in [0.2, 0.25) is 0 Å². The first-order valence-corrected chi connectivity index (χ1v) is 10.2. The molecule has 3 aromatic carbocycles. The van der Waals surface area contributed by atoms with Crippen LogP contribution in [0.25, 0.3) is 0 Å². The molecule has 0 aromatic heterocycles. The Morgan fingerprint density at radius 2 is 1.64 bits per heavy atom. The molecule has 2 amide bonds. The minimum atomic E-state index is -0.960. The van der Waals surface area contributed by atoms with Crippen LogP contribution in [0.3, 0.4) is 0 Å². The van der Waals surface area contributed by atoms with Gasteiger partial charge in [-0.25, -0.2) is 10.2 Å². The highest BCUT2D eigenvalue weighted by atomic mass is 35.5. The fraction of sp³-hybridized carbons (Fsp3) is 0.0435.